The summed E-state index contributed by atoms with van der Waals surface area (Å²) in [7, 11) is 0. The summed E-state index contributed by atoms with van der Waals surface area (Å²) in [5.41, 5.74) is 0. The molecule has 0 aliphatic rings. The lowest BCUT2D eigenvalue weighted by Crippen LogP contribution is -2.41. The van der Waals surface area contributed by atoms with Gasteiger partial charge in [0.2, 0.25) is 11.8 Å². The van der Waals surface area contributed by atoms with Crippen LogP contribution >= 0.6 is 0 Å². The SMILES string of the molecule is CCOCCNC(=O)C(C)C(C)C(=O)NCCOCC. The molecule has 0 aromatic heterocycles. The van der Waals surface area contributed by atoms with Crippen LogP contribution in [0.5, 0.6) is 0 Å². The summed E-state index contributed by atoms with van der Waals surface area (Å²) in [4.78, 5) is 23.7. The lowest BCUT2D eigenvalue weighted by molar-refractivity contribution is -0.133. The zero-order chi connectivity index (χ0) is 15.4. The van der Waals surface area contributed by atoms with E-state index in [4.69, 9.17) is 9.47 Å². The normalized spacial score (nSPS) is 13.6. The Balaban J connectivity index is 3.95. The lowest BCUT2D eigenvalue weighted by Gasteiger charge is -2.19. The lowest BCUT2D eigenvalue weighted by atomic mass is 9.94. The summed E-state index contributed by atoms with van der Waals surface area (Å²) in [5.74, 6) is -0.998. The van der Waals surface area contributed by atoms with E-state index in [2.05, 4.69) is 10.6 Å². The van der Waals surface area contributed by atoms with Crippen molar-refractivity contribution in [3.8, 4) is 0 Å². The Morgan fingerprint density at radius 1 is 0.850 bits per heavy atom. The Bertz CT molecular complexity index is 256. The van der Waals surface area contributed by atoms with E-state index in [1.165, 1.54) is 0 Å². The fourth-order valence-electron chi connectivity index (χ4n) is 1.56. The van der Waals surface area contributed by atoms with Gasteiger partial charge >= 0.3 is 0 Å². The van der Waals surface area contributed by atoms with E-state index in [1.807, 2.05) is 13.8 Å². The van der Waals surface area contributed by atoms with Crippen LogP contribution in [-0.4, -0.2) is 51.3 Å². The molecule has 0 aromatic carbocycles. The smallest absolute Gasteiger partial charge is 0.223 e. The molecule has 0 rings (SSSR count). The maximum absolute atomic E-state index is 11.9. The average Bonchev–Trinajstić information content (AvgIpc) is 2.46. The molecule has 0 bridgehead atoms. The van der Waals surface area contributed by atoms with E-state index in [1.54, 1.807) is 13.8 Å². The van der Waals surface area contributed by atoms with Crippen LogP contribution in [0.3, 0.4) is 0 Å². The highest BCUT2D eigenvalue weighted by atomic mass is 16.5. The fourth-order valence-corrected chi connectivity index (χ4v) is 1.56. The van der Waals surface area contributed by atoms with E-state index in [9.17, 15) is 9.59 Å². The van der Waals surface area contributed by atoms with Crippen LogP contribution in [0.2, 0.25) is 0 Å². The first-order chi connectivity index (χ1) is 9.54. The second kappa shape index (κ2) is 11.7. The van der Waals surface area contributed by atoms with E-state index >= 15 is 0 Å². The van der Waals surface area contributed by atoms with Crippen LogP contribution in [0, 0.1) is 11.8 Å². The Labute approximate surface area is 121 Å². The van der Waals surface area contributed by atoms with Gasteiger partial charge in [0.25, 0.3) is 0 Å². The van der Waals surface area contributed by atoms with Crippen LogP contribution in [-0.2, 0) is 19.1 Å². The Morgan fingerprint density at radius 2 is 1.20 bits per heavy atom. The van der Waals surface area contributed by atoms with Crippen molar-refractivity contribution < 1.29 is 19.1 Å². The van der Waals surface area contributed by atoms with Gasteiger partial charge in [0.05, 0.1) is 13.2 Å². The topological polar surface area (TPSA) is 76.7 Å². The van der Waals surface area contributed by atoms with Gasteiger partial charge in [-0.25, -0.2) is 0 Å². The van der Waals surface area contributed by atoms with Crippen molar-refractivity contribution in [2.75, 3.05) is 39.5 Å². The van der Waals surface area contributed by atoms with Crippen molar-refractivity contribution in [3.05, 3.63) is 0 Å². The number of carbonyl (C=O) groups excluding carboxylic acids is 2. The molecule has 0 heterocycles. The maximum Gasteiger partial charge on any atom is 0.223 e. The summed E-state index contributed by atoms with van der Waals surface area (Å²) in [5, 5.41) is 5.52. The summed E-state index contributed by atoms with van der Waals surface area (Å²) >= 11 is 0. The Morgan fingerprint density at radius 3 is 1.50 bits per heavy atom. The van der Waals surface area contributed by atoms with E-state index in [0.717, 1.165) is 0 Å². The molecule has 0 aromatic rings. The van der Waals surface area contributed by atoms with E-state index < -0.39 is 0 Å². The van der Waals surface area contributed by atoms with Gasteiger partial charge in [-0.3, -0.25) is 9.59 Å². The first-order valence-corrected chi connectivity index (χ1v) is 7.25. The highest BCUT2D eigenvalue weighted by molar-refractivity contribution is 5.87. The minimum absolute atomic E-state index is 0.128. The summed E-state index contributed by atoms with van der Waals surface area (Å²) in [6.07, 6.45) is 0. The highest BCUT2D eigenvalue weighted by Gasteiger charge is 2.25. The van der Waals surface area contributed by atoms with Gasteiger partial charge in [0, 0.05) is 38.1 Å². The van der Waals surface area contributed by atoms with Gasteiger partial charge in [-0.1, -0.05) is 13.8 Å². The quantitative estimate of drug-likeness (QED) is 0.545. The van der Waals surface area contributed by atoms with E-state index in [0.29, 0.717) is 39.5 Å². The van der Waals surface area contributed by atoms with Gasteiger partial charge in [-0.2, -0.15) is 0 Å². The third-order valence-corrected chi connectivity index (χ3v) is 3.08. The summed E-state index contributed by atoms with van der Waals surface area (Å²) in [6.45, 7) is 10.5. The number of hydrogen-bond acceptors (Lipinski definition) is 4. The zero-order valence-electron chi connectivity index (χ0n) is 13.0. The van der Waals surface area contributed by atoms with Crippen LogP contribution < -0.4 is 10.6 Å². The Hall–Kier alpha value is -1.14. The number of hydrogen-bond donors (Lipinski definition) is 2. The molecule has 0 fully saturated rings. The monoisotopic (exact) mass is 288 g/mol. The molecule has 6 nitrogen and oxygen atoms in total. The predicted octanol–water partition coefficient (Wildman–Crippen LogP) is 0.564. The van der Waals surface area contributed by atoms with Gasteiger partial charge < -0.3 is 20.1 Å². The number of nitrogens with one attached hydrogen (secondary N) is 2. The molecule has 2 atom stereocenters. The van der Waals surface area contributed by atoms with Crippen LogP contribution in [0.4, 0.5) is 0 Å². The van der Waals surface area contributed by atoms with Crippen molar-refractivity contribution in [2.24, 2.45) is 11.8 Å². The molecule has 0 saturated carbocycles. The molecule has 2 N–H and O–H groups in total. The zero-order valence-corrected chi connectivity index (χ0v) is 13.0. The van der Waals surface area contributed by atoms with Gasteiger partial charge in [0.15, 0.2) is 0 Å². The molecular weight excluding hydrogens is 260 g/mol. The molecule has 0 spiro atoms. The molecule has 0 radical (unpaired) electrons. The largest absolute Gasteiger partial charge is 0.380 e. The Kier molecular flexibility index (Phi) is 11.0. The van der Waals surface area contributed by atoms with Gasteiger partial charge in [0.1, 0.15) is 0 Å². The van der Waals surface area contributed by atoms with Crippen LogP contribution in [0.15, 0.2) is 0 Å². The fraction of sp³-hybridized carbons (Fsp3) is 0.857. The van der Waals surface area contributed by atoms with Crippen molar-refractivity contribution >= 4 is 11.8 Å². The predicted molar refractivity (Wildman–Crippen MR) is 77.3 cm³/mol. The number of carbonyl (C=O) groups is 2. The number of ether oxygens (including phenoxy) is 2. The van der Waals surface area contributed by atoms with Crippen molar-refractivity contribution in [3.63, 3.8) is 0 Å². The molecular formula is C14H28N2O4. The van der Waals surface area contributed by atoms with Gasteiger partial charge in [-0.05, 0) is 13.8 Å². The maximum atomic E-state index is 11.9. The van der Waals surface area contributed by atoms with Crippen LogP contribution in [0.1, 0.15) is 27.7 Å². The van der Waals surface area contributed by atoms with Crippen molar-refractivity contribution in [1.29, 1.82) is 0 Å². The molecule has 0 aliphatic heterocycles. The molecule has 2 amide bonds. The highest BCUT2D eigenvalue weighted by Crippen LogP contribution is 2.10. The first kappa shape index (κ1) is 18.9. The molecule has 2 unspecified atom stereocenters. The third kappa shape index (κ3) is 8.12. The second-order valence-corrected chi connectivity index (χ2v) is 4.55. The summed E-state index contributed by atoms with van der Waals surface area (Å²) in [6, 6.07) is 0. The van der Waals surface area contributed by atoms with Gasteiger partial charge in [-0.15, -0.1) is 0 Å². The first-order valence-electron chi connectivity index (χ1n) is 7.25. The molecule has 118 valence electrons. The molecule has 0 aliphatic carbocycles. The van der Waals surface area contributed by atoms with E-state index in [-0.39, 0.29) is 23.7 Å². The minimum atomic E-state index is -0.372. The average molecular weight is 288 g/mol. The summed E-state index contributed by atoms with van der Waals surface area (Å²) < 4.78 is 10.3. The number of amides is 2. The van der Waals surface area contributed by atoms with Crippen molar-refractivity contribution in [2.45, 2.75) is 27.7 Å². The molecule has 6 heteroatoms. The molecule has 0 saturated heterocycles. The van der Waals surface area contributed by atoms with Crippen LogP contribution in [0.25, 0.3) is 0 Å². The third-order valence-electron chi connectivity index (χ3n) is 3.08. The molecule has 20 heavy (non-hydrogen) atoms. The second-order valence-electron chi connectivity index (χ2n) is 4.55. The standard InChI is InChI=1S/C14H28N2O4/c1-5-19-9-7-15-13(17)11(3)12(4)14(18)16-8-10-20-6-2/h11-12H,5-10H2,1-4H3,(H,15,17)(H,16,18). The van der Waals surface area contributed by atoms with Crippen molar-refractivity contribution in [1.82, 2.24) is 10.6 Å². The number of rotatable bonds is 11. The minimum Gasteiger partial charge on any atom is -0.380 e.